The molecule has 2 atom stereocenters. The van der Waals surface area contributed by atoms with E-state index in [-0.39, 0.29) is 0 Å². The third kappa shape index (κ3) is 4.91. The Bertz CT molecular complexity index is 133. The Kier molecular flexibility index (Phi) is 8.08. The molecule has 86 valence electrons. The highest BCUT2D eigenvalue weighted by Gasteiger charge is 2.19. The SMILES string of the molecule is COCCN(C)C(CN)C(C)COC. The largest absolute Gasteiger partial charge is 0.384 e. The summed E-state index contributed by atoms with van der Waals surface area (Å²) in [5, 5.41) is 0. The van der Waals surface area contributed by atoms with Crippen LogP contribution in [0.4, 0.5) is 0 Å². The van der Waals surface area contributed by atoms with E-state index in [4.69, 9.17) is 15.2 Å². The maximum Gasteiger partial charge on any atom is 0.0589 e. The molecule has 0 rings (SSSR count). The fraction of sp³-hybridized carbons (Fsp3) is 1.00. The molecule has 0 heterocycles. The number of hydrogen-bond donors (Lipinski definition) is 1. The van der Waals surface area contributed by atoms with Gasteiger partial charge in [0, 0.05) is 33.4 Å². The van der Waals surface area contributed by atoms with Crippen LogP contribution in [-0.2, 0) is 9.47 Å². The van der Waals surface area contributed by atoms with Gasteiger partial charge in [-0.2, -0.15) is 0 Å². The Hall–Kier alpha value is -0.160. The van der Waals surface area contributed by atoms with Crippen LogP contribution >= 0.6 is 0 Å². The number of nitrogens with two attached hydrogens (primary N) is 1. The standard InChI is InChI=1S/C10H24N2O2/c1-9(8-14-4)10(7-11)12(2)5-6-13-3/h9-10H,5-8,11H2,1-4H3. The smallest absolute Gasteiger partial charge is 0.0589 e. The highest BCUT2D eigenvalue weighted by atomic mass is 16.5. The zero-order valence-electron chi connectivity index (χ0n) is 9.82. The van der Waals surface area contributed by atoms with Crippen LogP contribution in [0.25, 0.3) is 0 Å². The Balaban J connectivity index is 3.96. The average molecular weight is 204 g/mol. The van der Waals surface area contributed by atoms with Crippen molar-refractivity contribution in [2.45, 2.75) is 13.0 Å². The second kappa shape index (κ2) is 8.17. The first-order chi connectivity index (χ1) is 6.67. The van der Waals surface area contributed by atoms with Crippen molar-refractivity contribution in [3.8, 4) is 0 Å². The summed E-state index contributed by atoms with van der Waals surface area (Å²) >= 11 is 0. The summed E-state index contributed by atoms with van der Waals surface area (Å²) < 4.78 is 10.2. The van der Waals surface area contributed by atoms with Crippen molar-refractivity contribution in [2.75, 3.05) is 47.6 Å². The fourth-order valence-electron chi connectivity index (χ4n) is 1.62. The normalized spacial score (nSPS) is 15.9. The van der Waals surface area contributed by atoms with Gasteiger partial charge in [0.25, 0.3) is 0 Å². The van der Waals surface area contributed by atoms with Crippen molar-refractivity contribution < 1.29 is 9.47 Å². The van der Waals surface area contributed by atoms with Gasteiger partial charge >= 0.3 is 0 Å². The van der Waals surface area contributed by atoms with Crippen LogP contribution in [0.2, 0.25) is 0 Å². The Labute approximate surface area is 87.4 Å². The minimum atomic E-state index is 0.366. The molecule has 2 unspecified atom stereocenters. The summed E-state index contributed by atoms with van der Waals surface area (Å²) in [6.45, 7) is 5.22. The van der Waals surface area contributed by atoms with E-state index in [2.05, 4.69) is 18.9 Å². The Morgan fingerprint density at radius 3 is 2.36 bits per heavy atom. The van der Waals surface area contributed by atoms with E-state index in [0.29, 0.717) is 18.5 Å². The average Bonchev–Trinajstić information content (AvgIpc) is 2.16. The third-order valence-electron chi connectivity index (χ3n) is 2.54. The monoisotopic (exact) mass is 204 g/mol. The molecule has 0 aliphatic heterocycles. The van der Waals surface area contributed by atoms with Crippen LogP contribution < -0.4 is 5.73 Å². The Morgan fingerprint density at radius 2 is 1.93 bits per heavy atom. The fourth-order valence-corrected chi connectivity index (χ4v) is 1.62. The van der Waals surface area contributed by atoms with E-state index < -0.39 is 0 Å². The van der Waals surface area contributed by atoms with Gasteiger partial charge in [-0.25, -0.2) is 0 Å². The zero-order valence-corrected chi connectivity index (χ0v) is 9.82. The van der Waals surface area contributed by atoms with E-state index in [9.17, 15) is 0 Å². The lowest BCUT2D eigenvalue weighted by atomic mass is 10.0. The minimum Gasteiger partial charge on any atom is -0.384 e. The number of likely N-dealkylation sites (N-methyl/N-ethyl adjacent to an activating group) is 1. The molecule has 0 radical (unpaired) electrons. The molecular weight excluding hydrogens is 180 g/mol. The van der Waals surface area contributed by atoms with Crippen LogP contribution in [0, 0.1) is 5.92 Å². The summed E-state index contributed by atoms with van der Waals surface area (Å²) in [6.07, 6.45) is 0. The van der Waals surface area contributed by atoms with Crippen molar-refractivity contribution in [3.05, 3.63) is 0 Å². The van der Waals surface area contributed by atoms with Crippen molar-refractivity contribution in [1.82, 2.24) is 4.90 Å². The maximum atomic E-state index is 5.74. The van der Waals surface area contributed by atoms with E-state index in [0.717, 1.165) is 19.8 Å². The van der Waals surface area contributed by atoms with Gasteiger partial charge in [-0.05, 0) is 13.0 Å². The van der Waals surface area contributed by atoms with Gasteiger partial charge in [-0.1, -0.05) is 6.92 Å². The summed E-state index contributed by atoms with van der Waals surface area (Å²) in [4.78, 5) is 2.23. The lowest BCUT2D eigenvalue weighted by Gasteiger charge is -2.31. The van der Waals surface area contributed by atoms with E-state index in [1.165, 1.54) is 0 Å². The van der Waals surface area contributed by atoms with Gasteiger partial charge < -0.3 is 15.2 Å². The van der Waals surface area contributed by atoms with Crippen LogP contribution in [-0.4, -0.2) is 58.5 Å². The lowest BCUT2D eigenvalue weighted by Crippen LogP contribution is -2.45. The first-order valence-corrected chi connectivity index (χ1v) is 5.05. The molecular formula is C10H24N2O2. The predicted molar refractivity (Wildman–Crippen MR) is 58.4 cm³/mol. The number of rotatable bonds is 8. The second-order valence-corrected chi connectivity index (χ2v) is 3.71. The van der Waals surface area contributed by atoms with Crippen LogP contribution in [0.1, 0.15) is 6.92 Å². The molecule has 2 N–H and O–H groups in total. The molecule has 0 fully saturated rings. The molecule has 0 aromatic rings. The van der Waals surface area contributed by atoms with Gasteiger partial charge in [0.05, 0.1) is 13.2 Å². The topological polar surface area (TPSA) is 47.7 Å². The highest BCUT2D eigenvalue weighted by Crippen LogP contribution is 2.08. The lowest BCUT2D eigenvalue weighted by molar-refractivity contribution is 0.0801. The molecule has 0 aromatic heterocycles. The molecule has 0 bridgehead atoms. The van der Waals surface area contributed by atoms with Crippen LogP contribution in [0.3, 0.4) is 0 Å². The quantitative estimate of drug-likeness (QED) is 0.612. The molecule has 0 amide bonds. The molecule has 0 aliphatic carbocycles. The van der Waals surface area contributed by atoms with Crippen LogP contribution in [0.15, 0.2) is 0 Å². The number of ether oxygens (including phenoxy) is 2. The minimum absolute atomic E-state index is 0.366. The molecule has 0 spiro atoms. The highest BCUT2D eigenvalue weighted by molar-refractivity contribution is 4.75. The summed E-state index contributed by atoms with van der Waals surface area (Å²) in [7, 11) is 5.51. The summed E-state index contributed by atoms with van der Waals surface area (Å²) in [6, 6.07) is 0.366. The van der Waals surface area contributed by atoms with Crippen molar-refractivity contribution in [2.24, 2.45) is 11.7 Å². The van der Waals surface area contributed by atoms with E-state index in [1.807, 2.05) is 0 Å². The number of nitrogens with zero attached hydrogens (tertiary/aromatic N) is 1. The van der Waals surface area contributed by atoms with Crippen molar-refractivity contribution in [3.63, 3.8) is 0 Å². The van der Waals surface area contributed by atoms with Crippen LogP contribution in [0.5, 0.6) is 0 Å². The van der Waals surface area contributed by atoms with Gasteiger partial charge in [0.15, 0.2) is 0 Å². The molecule has 0 saturated carbocycles. The Morgan fingerprint density at radius 1 is 1.29 bits per heavy atom. The molecule has 14 heavy (non-hydrogen) atoms. The first-order valence-electron chi connectivity index (χ1n) is 5.05. The molecule has 0 saturated heterocycles. The van der Waals surface area contributed by atoms with Gasteiger partial charge in [0.1, 0.15) is 0 Å². The summed E-state index contributed by atoms with van der Waals surface area (Å²) in [5.74, 6) is 0.451. The van der Waals surface area contributed by atoms with Gasteiger partial charge in [-0.3, -0.25) is 4.90 Å². The van der Waals surface area contributed by atoms with E-state index >= 15 is 0 Å². The van der Waals surface area contributed by atoms with E-state index in [1.54, 1.807) is 14.2 Å². The zero-order chi connectivity index (χ0) is 11.0. The molecule has 0 aliphatic rings. The molecule has 0 aromatic carbocycles. The maximum absolute atomic E-state index is 5.74. The number of hydrogen-bond acceptors (Lipinski definition) is 4. The van der Waals surface area contributed by atoms with Gasteiger partial charge in [-0.15, -0.1) is 0 Å². The molecule has 4 nitrogen and oxygen atoms in total. The summed E-state index contributed by atoms with van der Waals surface area (Å²) in [5.41, 5.74) is 5.74. The predicted octanol–water partition coefficient (Wildman–Crippen LogP) is 0.174. The second-order valence-electron chi connectivity index (χ2n) is 3.71. The molecule has 4 heteroatoms. The first kappa shape index (κ1) is 13.8. The van der Waals surface area contributed by atoms with Crippen molar-refractivity contribution in [1.29, 1.82) is 0 Å². The number of methoxy groups -OCH3 is 2. The van der Waals surface area contributed by atoms with Gasteiger partial charge in [0.2, 0.25) is 0 Å². The third-order valence-corrected chi connectivity index (χ3v) is 2.54. The van der Waals surface area contributed by atoms with Crippen molar-refractivity contribution >= 4 is 0 Å².